The molecule has 0 bridgehead atoms. The number of carbonyl (C=O) groups excluding carboxylic acids is 1. The summed E-state index contributed by atoms with van der Waals surface area (Å²) in [5.41, 5.74) is 2.16. The van der Waals surface area contributed by atoms with Crippen molar-refractivity contribution >= 4 is 16.7 Å². The lowest BCUT2D eigenvalue weighted by Crippen LogP contribution is -2.29. The number of amides is 1. The summed E-state index contributed by atoms with van der Waals surface area (Å²) in [7, 11) is 1.85. The number of fused-ring (bicyclic) bond motifs is 2. The molecule has 0 radical (unpaired) electrons. The smallest absolute Gasteiger partial charge is 0.231 e. The van der Waals surface area contributed by atoms with Gasteiger partial charge >= 0.3 is 0 Å². The first kappa shape index (κ1) is 18.2. The number of ether oxygens (including phenoxy) is 2. The number of benzene rings is 3. The second-order valence-electron chi connectivity index (χ2n) is 7.15. The third-order valence-corrected chi connectivity index (χ3v) is 5.07. The molecule has 0 spiro atoms. The number of hydrogen-bond donors (Lipinski definition) is 1. The third-order valence-electron chi connectivity index (χ3n) is 5.07. The maximum atomic E-state index is 12.5. The normalized spacial score (nSPS) is 12.3. The number of likely N-dealkylation sites (N-methyl/N-ethyl adjacent to an activating group) is 1. The highest BCUT2D eigenvalue weighted by Crippen LogP contribution is 2.32. The van der Waals surface area contributed by atoms with Gasteiger partial charge in [-0.1, -0.05) is 30.3 Å². The highest BCUT2D eigenvalue weighted by molar-refractivity contribution is 5.84. The van der Waals surface area contributed by atoms with E-state index in [1.54, 1.807) is 17.0 Å². The fraction of sp³-hybridized carbons (Fsp3) is 0.261. The minimum absolute atomic E-state index is 0.0906. The molecular weight excluding hydrogens is 354 g/mol. The summed E-state index contributed by atoms with van der Waals surface area (Å²) in [6, 6.07) is 17.3. The zero-order valence-electron chi connectivity index (χ0n) is 15.9. The molecule has 0 aromatic heterocycles. The molecule has 0 atom stereocenters. The van der Waals surface area contributed by atoms with Crippen molar-refractivity contribution in [1.29, 1.82) is 0 Å². The minimum atomic E-state index is 0.0906. The average molecular weight is 377 g/mol. The van der Waals surface area contributed by atoms with Crippen molar-refractivity contribution < 1.29 is 19.4 Å². The van der Waals surface area contributed by atoms with Crippen molar-refractivity contribution in [3.8, 4) is 17.2 Å². The van der Waals surface area contributed by atoms with Crippen LogP contribution in [0, 0.1) is 0 Å². The maximum absolute atomic E-state index is 12.5. The van der Waals surface area contributed by atoms with Crippen LogP contribution in [0.1, 0.15) is 17.5 Å². The van der Waals surface area contributed by atoms with E-state index in [2.05, 4.69) is 12.1 Å². The number of rotatable bonds is 6. The second-order valence-corrected chi connectivity index (χ2v) is 7.15. The van der Waals surface area contributed by atoms with E-state index in [0.29, 0.717) is 18.7 Å². The lowest BCUT2D eigenvalue weighted by atomic mass is 10.0. The predicted octanol–water partition coefficient (Wildman–Crippen LogP) is 3.91. The van der Waals surface area contributed by atoms with Crippen LogP contribution in [0.15, 0.2) is 54.6 Å². The molecule has 5 heteroatoms. The van der Waals surface area contributed by atoms with E-state index in [9.17, 15) is 9.90 Å². The van der Waals surface area contributed by atoms with Crippen LogP contribution in [0.3, 0.4) is 0 Å². The van der Waals surface area contributed by atoms with E-state index in [1.165, 1.54) is 5.56 Å². The molecule has 4 rings (SSSR count). The summed E-state index contributed by atoms with van der Waals surface area (Å²) < 4.78 is 10.7. The summed E-state index contributed by atoms with van der Waals surface area (Å²) >= 11 is 0. The largest absolute Gasteiger partial charge is 0.508 e. The predicted molar refractivity (Wildman–Crippen MR) is 108 cm³/mol. The summed E-state index contributed by atoms with van der Waals surface area (Å²) in [4.78, 5) is 14.3. The summed E-state index contributed by atoms with van der Waals surface area (Å²) in [6.45, 7) is 0.944. The van der Waals surface area contributed by atoms with E-state index in [1.807, 2.05) is 37.4 Å². The molecular formula is C23H23NO4. The van der Waals surface area contributed by atoms with Gasteiger partial charge in [0.05, 0.1) is 6.42 Å². The highest BCUT2D eigenvalue weighted by atomic mass is 16.7. The van der Waals surface area contributed by atoms with Crippen molar-refractivity contribution in [2.24, 2.45) is 0 Å². The van der Waals surface area contributed by atoms with E-state index in [0.717, 1.165) is 34.9 Å². The number of hydrogen-bond acceptors (Lipinski definition) is 4. The molecule has 3 aromatic carbocycles. The van der Waals surface area contributed by atoms with Crippen molar-refractivity contribution in [3.63, 3.8) is 0 Å². The SMILES string of the molecule is CN(CCCc1ccc2cc(O)ccc2c1)C(=O)Cc1ccc2c(c1)OCO2. The Morgan fingerprint density at radius 1 is 0.964 bits per heavy atom. The molecule has 3 aromatic rings. The van der Waals surface area contributed by atoms with Gasteiger partial charge in [0.25, 0.3) is 0 Å². The van der Waals surface area contributed by atoms with Gasteiger partial charge < -0.3 is 19.5 Å². The lowest BCUT2D eigenvalue weighted by Gasteiger charge is -2.17. The average Bonchev–Trinajstić information content (AvgIpc) is 3.15. The van der Waals surface area contributed by atoms with Gasteiger partial charge in [-0.15, -0.1) is 0 Å². The van der Waals surface area contributed by atoms with Gasteiger partial charge in [-0.05, 0) is 59.0 Å². The molecule has 1 heterocycles. The van der Waals surface area contributed by atoms with Crippen molar-refractivity contribution in [2.75, 3.05) is 20.4 Å². The molecule has 1 aliphatic rings. The molecule has 0 saturated heterocycles. The van der Waals surface area contributed by atoms with Gasteiger partial charge in [0.15, 0.2) is 11.5 Å². The van der Waals surface area contributed by atoms with E-state index >= 15 is 0 Å². The van der Waals surface area contributed by atoms with Gasteiger partial charge in [-0.2, -0.15) is 0 Å². The van der Waals surface area contributed by atoms with Gasteiger partial charge in [0.2, 0.25) is 12.7 Å². The number of carbonyl (C=O) groups is 1. The zero-order chi connectivity index (χ0) is 19.5. The second kappa shape index (κ2) is 7.80. The Hall–Kier alpha value is -3.21. The molecule has 0 aliphatic carbocycles. The molecule has 1 N–H and O–H groups in total. The van der Waals surface area contributed by atoms with Crippen molar-refractivity contribution in [2.45, 2.75) is 19.3 Å². The summed E-state index contributed by atoms with van der Waals surface area (Å²) in [5.74, 6) is 1.81. The molecule has 0 saturated carbocycles. The standard InChI is InChI=1S/C23H23NO4/c1-24(23(26)13-17-5-9-21-22(12-17)28-15-27-21)10-2-3-16-4-6-19-14-20(25)8-7-18(19)11-16/h4-9,11-12,14,25H,2-3,10,13,15H2,1H3. The lowest BCUT2D eigenvalue weighted by molar-refractivity contribution is -0.129. The van der Waals surface area contributed by atoms with E-state index < -0.39 is 0 Å². The van der Waals surface area contributed by atoms with Crippen molar-refractivity contribution in [1.82, 2.24) is 4.90 Å². The first-order valence-electron chi connectivity index (χ1n) is 9.43. The number of phenols is 1. The highest BCUT2D eigenvalue weighted by Gasteiger charge is 2.16. The molecule has 1 amide bonds. The van der Waals surface area contributed by atoms with E-state index in [4.69, 9.17) is 9.47 Å². The fourth-order valence-electron chi connectivity index (χ4n) is 3.44. The number of aromatic hydroxyl groups is 1. The summed E-state index contributed by atoms with van der Waals surface area (Å²) in [5, 5.41) is 11.7. The topological polar surface area (TPSA) is 59.0 Å². The monoisotopic (exact) mass is 377 g/mol. The summed E-state index contributed by atoms with van der Waals surface area (Å²) in [6.07, 6.45) is 2.15. The van der Waals surface area contributed by atoms with Crippen molar-refractivity contribution in [3.05, 3.63) is 65.7 Å². The first-order chi connectivity index (χ1) is 13.6. The van der Waals surface area contributed by atoms with Crippen LogP contribution < -0.4 is 9.47 Å². The van der Waals surface area contributed by atoms with Gasteiger partial charge in [0.1, 0.15) is 5.75 Å². The molecule has 28 heavy (non-hydrogen) atoms. The molecule has 0 unspecified atom stereocenters. The van der Waals surface area contributed by atoms with Crippen LogP contribution in [-0.4, -0.2) is 36.3 Å². The van der Waals surface area contributed by atoms with E-state index in [-0.39, 0.29) is 18.4 Å². The van der Waals surface area contributed by atoms with Crippen LogP contribution in [0.25, 0.3) is 10.8 Å². The Bertz CT molecular complexity index is 1010. The van der Waals surface area contributed by atoms with Crippen LogP contribution >= 0.6 is 0 Å². The Kier molecular flexibility index (Phi) is 5.06. The van der Waals surface area contributed by atoms with Crippen LogP contribution in [0.4, 0.5) is 0 Å². The molecule has 5 nitrogen and oxygen atoms in total. The van der Waals surface area contributed by atoms with Gasteiger partial charge in [-0.25, -0.2) is 0 Å². The van der Waals surface area contributed by atoms with Crippen LogP contribution in [0.2, 0.25) is 0 Å². The van der Waals surface area contributed by atoms with Gasteiger partial charge in [-0.3, -0.25) is 4.79 Å². The zero-order valence-corrected chi connectivity index (χ0v) is 15.9. The molecule has 0 fully saturated rings. The Balaban J connectivity index is 1.29. The van der Waals surface area contributed by atoms with Crippen LogP contribution in [0.5, 0.6) is 17.2 Å². The quantitative estimate of drug-likeness (QED) is 0.708. The molecule has 144 valence electrons. The fourth-order valence-corrected chi connectivity index (χ4v) is 3.44. The Morgan fingerprint density at radius 2 is 1.71 bits per heavy atom. The van der Waals surface area contributed by atoms with Gasteiger partial charge in [0, 0.05) is 13.6 Å². The minimum Gasteiger partial charge on any atom is -0.508 e. The first-order valence-corrected chi connectivity index (χ1v) is 9.43. The Morgan fingerprint density at radius 3 is 2.61 bits per heavy atom. The Labute approximate surface area is 164 Å². The van der Waals surface area contributed by atoms with Crippen LogP contribution in [-0.2, 0) is 17.6 Å². The number of aryl methyl sites for hydroxylation is 1. The third kappa shape index (κ3) is 4.03. The number of phenolic OH excluding ortho intramolecular Hbond substituents is 1. The maximum Gasteiger partial charge on any atom is 0.231 e. The number of nitrogens with zero attached hydrogens (tertiary/aromatic N) is 1. The molecule has 1 aliphatic heterocycles.